The lowest BCUT2D eigenvalue weighted by atomic mass is 9.92. The molecule has 0 bridgehead atoms. The van der Waals surface area contributed by atoms with Crippen molar-refractivity contribution < 1.29 is 5.11 Å². The minimum absolute atomic E-state index is 0.189. The van der Waals surface area contributed by atoms with Gasteiger partial charge >= 0.3 is 0 Å². The average Bonchev–Trinajstić information content (AvgIpc) is 2.05. The van der Waals surface area contributed by atoms with Gasteiger partial charge in [0.15, 0.2) is 0 Å². The molecular weight excluding hydrogens is 162 g/mol. The Labute approximate surface area is 81.9 Å². The Balaban J connectivity index is 2.42. The Morgan fingerprint density at radius 3 is 2.31 bits per heavy atom. The van der Waals surface area contributed by atoms with E-state index < -0.39 is 0 Å². The fourth-order valence-electron chi connectivity index (χ4n) is 2.05. The predicted octanol–water partition coefficient (Wildman–Crippen LogP) is 1.88. The van der Waals surface area contributed by atoms with E-state index in [9.17, 15) is 0 Å². The van der Waals surface area contributed by atoms with E-state index in [0.717, 1.165) is 12.3 Å². The summed E-state index contributed by atoms with van der Waals surface area (Å²) in [7, 11) is 0. The third-order valence-electron chi connectivity index (χ3n) is 3.36. The molecular formula is C11H23NO. The Morgan fingerprint density at radius 2 is 1.85 bits per heavy atom. The molecule has 1 N–H and O–H groups in total. The van der Waals surface area contributed by atoms with E-state index in [1.54, 1.807) is 0 Å². The molecule has 0 amide bonds. The van der Waals surface area contributed by atoms with Gasteiger partial charge in [-0.25, -0.2) is 0 Å². The second kappa shape index (κ2) is 4.43. The van der Waals surface area contributed by atoms with Crippen molar-refractivity contribution in [2.45, 2.75) is 45.6 Å². The van der Waals surface area contributed by atoms with Gasteiger partial charge in [-0.2, -0.15) is 0 Å². The minimum Gasteiger partial charge on any atom is -0.396 e. The van der Waals surface area contributed by atoms with Crippen molar-refractivity contribution in [1.29, 1.82) is 0 Å². The van der Waals surface area contributed by atoms with Crippen LogP contribution >= 0.6 is 0 Å². The van der Waals surface area contributed by atoms with Crippen LogP contribution in [0.25, 0.3) is 0 Å². The first-order chi connectivity index (χ1) is 6.06. The summed E-state index contributed by atoms with van der Waals surface area (Å²) in [6.07, 6.45) is 3.52. The Morgan fingerprint density at radius 1 is 1.31 bits per heavy atom. The second-order valence-electron chi connectivity index (χ2n) is 4.96. The first-order valence-electron chi connectivity index (χ1n) is 5.42. The lowest BCUT2D eigenvalue weighted by molar-refractivity contribution is 0.0577. The molecule has 0 unspecified atom stereocenters. The van der Waals surface area contributed by atoms with Crippen molar-refractivity contribution in [3.05, 3.63) is 0 Å². The van der Waals surface area contributed by atoms with Crippen LogP contribution < -0.4 is 0 Å². The molecule has 0 aromatic rings. The number of aliphatic hydroxyl groups is 1. The van der Waals surface area contributed by atoms with Crippen LogP contribution in [0, 0.1) is 5.92 Å². The molecule has 13 heavy (non-hydrogen) atoms. The standard InChI is InChI=1S/C11H23NO/c1-10-4-7-12(8-5-10)11(2,3)6-9-13/h10,13H,4-9H2,1-3H3. The summed E-state index contributed by atoms with van der Waals surface area (Å²) in [5.41, 5.74) is 0.189. The highest BCUT2D eigenvalue weighted by Gasteiger charge is 2.28. The maximum atomic E-state index is 8.96. The fraction of sp³-hybridized carbons (Fsp3) is 1.00. The molecule has 2 nitrogen and oxygen atoms in total. The molecule has 78 valence electrons. The summed E-state index contributed by atoms with van der Waals surface area (Å²) in [4.78, 5) is 2.52. The first-order valence-corrected chi connectivity index (χ1v) is 5.42. The summed E-state index contributed by atoms with van der Waals surface area (Å²) in [6.45, 7) is 9.51. The highest BCUT2D eigenvalue weighted by molar-refractivity contribution is 4.84. The van der Waals surface area contributed by atoms with E-state index in [-0.39, 0.29) is 5.54 Å². The number of likely N-dealkylation sites (tertiary alicyclic amines) is 1. The lowest BCUT2D eigenvalue weighted by Gasteiger charge is -2.42. The molecule has 0 aromatic carbocycles. The fourth-order valence-corrected chi connectivity index (χ4v) is 2.05. The molecule has 0 aliphatic carbocycles. The first kappa shape index (κ1) is 11.0. The van der Waals surface area contributed by atoms with Crippen molar-refractivity contribution in [1.82, 2.24) is 4.90 Å². The van der Waals surface area contributed by atoms with Crippen LogP contribution in [-0.2, 0) is 0 Å². The summed E-state index contributed by atoms with van der Waals surface area (Å²) < 4.78 is 0. The quantitative estimate of drug-likeness (QED) is 0.725. The summed E-state index contributed by atoms with van der Waals surface area (Å²) >= 11 is 0. The van der Waals surface area contributed by atoms with Gasteiger partial charge in [-0.05, 0) is 52.1 Å². The van der Waals surface area contributed by atoms with Crippen molar-refractivity contribution in [3.63, 3.8) is 0 Å². The van der Waals surface area contributed by atoms with Gasteiger partial charge in [-0.3, -0.25) is 4.90 Å². The largest absolute Gasteiger partial charge is 0.396 e. The van der Waals surface area contributed by atoms with E-state index in [4.69, 9.17) is 5.11 Å². The monoisotopic (exact) mass is 185 g/mol. The van der Waals surface area contributed by atoms with Gasteiger partial charge < -0.3 is 5.11 Å². The molecule has 1 rings (SSSR count). The van der Waals surface area contributed by atoms with Crippen molar-refractivity contribution in [2.75, 3.05) is 19.7 Å². The number of aliphatic hydroxyl groups excluding tert-OH is 1. The van der Waals surface area contributed by atoms with Gasteiger partial charge in [-0.1, -0.05) is 6.92 Å². The van der Waals surface area contributed by atoms with Gasteiger partial charge in [0.05, 0.1) is 0 Å². The molecule has 0 spiro atoms. The van der Waals surface area contributed by atoms with Crippen LogP contribution in [0.5, 0.6) is 0 Å². The molecule has 1 heterocycles. The van der Waals surface area contributed by atoms with Crippen LogP contribution in [0.3, 0.4) is 0 Å². The van der Waals surface area contributed by atoms with E-state index in [0.29, 0.717) is 6.61 Å². The molecule has 1 aliphatic rings. The molecule has 1 aliphatic heterocycles. The molecule has 2 heteroatoms. The third kappa shape index (κ3) is 2.96. The van der Waals surface area contributed by atoms with Gasteiger partial charge in [-0.15, -0.1) is 0 Å². The Bertz CT molecular complexity index is 148. The van der Waals surface area contributed by atoms with E-state index in [2.05, 4.69) is 25.7 Å². The number of piperidine rings is 1. The molecule has 0 radical (unpaired) electrons. The van der Waals surface area contributed by atoms with Crippen LogP contribution in [-0.4, -0.2) is 35.2 Å². The SMILES string of the molecule is CC1CCN(C(C)(C)CCO)CC1. The highest BCUT2D eigenvalue weighted by atomic mass is 16.3. The Hall–Kier alpha value is -0.0800. The lowest BCUT2D eigenvalue weighted by Crippen LogP contribution is -2.48. The second-order valence-corrected chi connectivity index (χ2v) is 4.96. The smallest absolute Gasteiger partial charge is 0.0448 e. The van der Waals surface area contributed by atoms with E-state index >= 15 is 0 Å². The predicted molar refractivity (Wildman–Crippen MR) is 55.8 cm³/mol. The van der Waals surface area contributed by atoms with Gasteiger partial charge in [0, 0.05) is 12.1 Å². The normalized spacial score (nSPS) is 22.2. The highest BCUT2D eigenvalue weighted by Crippen LogP contribution is 2.25. The molecule has 1 fully saturated rings. The molecule has 0 saturated carbocycles. The topological polar surface area (TPSA) is 23.5 Å². The van der Waals surface area contributed by atoms with E-state index in [1.807, 2.05) is 0 Å². The minimum atomic E-state index is 0.189. The van der Waals surface area contributed by atoms with Gasteiger partial charge in [0.2, 0.25) is 0 Å². The number of hydrogen-bond donors (Lipinski definition) is 1. The average molecular weight is 185 g/mol. The zero-order chi connectivity index (χ0) is 9.90. The maximum Gasteiger partial charge on any atom is 0.0448 e. The third-order valence-corrected chi connectivity index (χ3v) is 3.36. The maximum absolute atomic E-state index is 8.96. The zero-order valence-corrected chi connectivity index (χ0v) is 9.21. The molecule has 1 saturated heterocycles. The van der Waals surface area contributed by atoms with Gasteiger partial charge in [0.1, 0.15) is 0 Å². The van der Waals surface area contributed by atoms with Crippen LogP contribution in [0.1, 0.15) is 40.0 Å². The number of nitrogens with zero attached hydrogens (tertiary/aromatic N) is 1. The van der Waals surface area contributed by atoms with Crippen LogP contribution in [0.15, 0.2) is 0 Å². The summed E-state index contributed by atoms with van der Waals surface area (Å²) in [5.74, 6) is 0.890. The van der Waals surface area contributed by atoms with Gasteiger partial charge in [0.25, 0.3) is 0 Å². The zero-order valence-electron chi connectivity index (χ0n) is 9.21. The Kier molecular flexibility index (Phi) is 3.74. The van der Waals surface area contributed by atoms with E-state index in [1.165, 1.54) is 25.9 Å². The number of hydrogen-bond acceptors (Lipinski definition) is 2. The molecule has 0 atom stereocenters. The van der Waals surface area contributed by atoms with Crippen molar-refractivity contribution in [2.24, 2.45) is 5.92 Å². The van der Waals surface area contributed by atoms with Crippen LogP contribution in [0.2, 0.25) is 0 Å². The van der Waals surface area contributed by atoms with Crippen molar-refractivity contribution >= 4 is 0 Å². The molecule has 0 aromatic heterocycles. The summed E-state index contributed by atoms with van der Waals surface area (Å²) in [6, 6.07) is 0. The number of rotatable bonds is 3. The van der Waals surface area contributed by atoms with Crippen molar-refractivity contribution in [3.8, 4) is 0 Å². The van der Waals surface area contributed by atoms with Crippen LogP contribution in [0.4, 0.5) is 0 Å². The summed E-state index contributed by atoms with van der Waals surface area (Å²) in [5, 5.41) is 8.96.